The van der Waals surface area contributed by atoms with E-state index in [1.54, 1.807) is 18.2 Å². The van der Waals surface area contributed by atoms with Gasteiger partial charge in [-0.1, -0.05) is 47.7 Å². The first kappa shape index (κ1) is 24.0. The van der Waals surface area contributed by atoms with Gasteiger partial charge in [0.1, 0.15) is 18.2 Å². The monoisotopic (exact) mass is 483 g/mol. The molecule has 0 saturated carbocycles. The Morgan fingerprint density at radius 1 is 1.06 bits per heavy atom. The molecule has 0 aliphatic rings. The number of nitrogens with zero attached hydrogens (tertiary/aromatic N) is 2. The SMILES string of the molecule is CCOc1cc(C=C(C#N)C(=O)Nc2nc3cc(C)c(C)cc3s2)ccc1OCc1ccccc1. The highest BCUT2D eigenvalue weighted by Gasteiger charge is 2.14. The highest BCUT2D eigenvalue weighted by atomic mass is 32.1. The maximum atomic E-state index is 12.8. The van der Waals surface area contributed by atoms with Crippen molar-refractivity contribution in [3.63, 3.8) is 0 Å². The number of aryl methyl sites for hydroxylation is 2. The van der Waals surface area contributed by atoms with E-state index in [0.717, 1.165) is 26.9 Å². The number of hydrogen-bond donors (Lipinski definition) is 1. The summed E-state index contributed by atoms with van der Waals surface area (Å²) in [6.07, 6.45) is 1.53. The molecule has 176 valence electrons. The number of carbonyl (C=O) groups is 1. The minimum Gasteiger partial charge on any atom is -0.490 e. The minimum absolute atomic E-state index is 0.0305. The summed E-state index contributed by atoms with van der Waals surface area (Å²) in [5.41, 5.74) is 4.79. The van der Waals surface area contributed by atoms with E-state index in [1.165, 1.54) is 17.4 Å². The number of rotatable bonds is 8. The molecule has 0 spiro atoms. The van der Waals surface area contributed by atoms with Crippen LogP contribution in [0, 0.1) is 25.2 Å². The number of thiazole rings is 1. The number of ether oxygens (including phenoxy) is 2. The van der Waals surface area contributed by atoms with Gasteiger partial charge in [0.15, 0.2) is 16.6 Å². The molecule has 0 radical (unpaired) electrons. The smallest absolute Gasteiger partial charge is 0.268 e. The van der Waals surface area contributed by atoms with E-state index in [4.69, 9.17) is 9.47 Å². The zero-order chi connectivity index (χ0) is 24.8. The molecule has 4 rings (SSSR count). The summed E-state index contributed by atoms with van der Waals surface area (Å²) >= 11 is 1.38. The van der Waals surface area contributed by atoms with Gasteiger partial charge < -0.3 is 9.47 Å². The lowest BCUT2D eigenvalue weighted by molar-refractivity contribution is -0.112. The lowest BCUT2D eigenvalue weighted by Gasteiger charge is -2.13. The lowest BCUT2D eigenvalue weighted by atomic mass is 10.1. The van der Waals surface area contributed by atoms with E-state index in [0.29, 0.717) is 35.4 Å². The zero-order valence-electron chi connectivity index (χ0n) is 19.8. The van der Waals surface area contributed by atoms with Crippen molar-refractivity contribution in [2.24, 2.45) is 0 Å². The molecule has 4 aromatic rings. The van der Waals surface area contributed by atoms with Gasteiger partial charge in [0.2, 0.25) is 0 Å². The van der Waals surface area contributed by atoms with Crippen LogP contribution in [-0.4, -0.2) is 17.5 Å². The second kappa shape index (κ2) is 10.9. The van der Waals surface area contributed by atoms with Crippen molar-refractivity contribution in [3.05, 3.63) is 88.5 Å². The van der Waals surface area contributed by atoms with Gasteiger partial charge in [-0.2, -0.15) is 5.26 Å². The number of nitrogens with one attached hydrogen (secondary N) is 1. The fourth-order valence-corrected chi connectivity index (χ4v) is 4.39. The number of benzene rings is 3. The molecule has 0 atom stereocenters. The van der Waals surface area contributed by atoms with Crippen molar-refractivity contribution in [1.29, 1.82) is 5.26 Å². The van der Waals surface area contributed by atoms with Gasteiger partial charge in [0.25, 0.3) is 5.91 Å². The maximum Gasteiger partial charge on any atom is 0.268 e. The fourth-order valence-electron chi connectivity index (χ4n) is 3.45. The van der Waals surface area contributed by atoms with E-state index in [2.05, 4.69) is 16.4 Å². The number of carbonyl (C=O) groups excluding carboxylic acids is 1. The standard InChI is InChI=1S/C28H25N3O3S/c1-4-33-25-15-21(10-11-24(25)34-17-20-8-6-5-7-9-20)14-22(16-29)27(32)31-28-30-23-12-18(2)19(3)13-26(23)35-28/h5-15H,4,17H2,1-3H3,(H,30,31,32). The predicted octanol–water partition coefficient (Wildman–Crippen LogP) is 6.44. The van der Waals surface area contributed by atoms with Crippen LogP contribution in [0.3, 0.4) is 0 Å². The normalized spacial score (nSPS) is 11.2. The molecule has 35 heavy (non-hydrogen) atoms. The van der Waals surface area contributed by atoms with Crippen molar-refractivity contribution < 1.29 is 14.3 Å². The highest BCUT2D eigenvalue weighted by Crippen LogP contribution is 2.31. The van der Waals surface area contributed by atoms with Crippen molar-refractivity contribution >= 4 is 38.7 Å². The molecule has 3 aromatic carbocycles. The summed E-state index contributed by atoms with van der Waals surface area (Å²) in [4.78, 5) is 17.3. The maximum absolute atomic E-state index is 12.8. The number of aromatic nitrogens is 1. The van der Waals surface area contributed by atoms with E-state index >= 15 is 0 Å². The largest absolute Gasteiger partial charge is 0.490 e. The molecule has 0 fully saturated rings. The quantitative estimate of drug-likeness (QED) is 0.230. The molecule has 1 heterocycles. The van der Waals surface area contributed by atoms with Crippen LogP contribution in [-0.2, 0) is 11.4 Å². The minimum atomic E-state index is -0.512. The Kier molecular flexibility index (Phi) is 7.44. The van der Waals surface area contributed by atoms with Crippen LogP contribution in [0.15, 0.2) is 66.2 Å². The summed E-state index contributed by atoms with van der Waals surface area (Å²) in [6, 6.07) is 21.2. The number of hydrogen-bond acceptors (Lipinski definition) is 6. The number of anilines is 1. The molecule has 1 aromatic heterocycles. The van der Waals surface area contributed by atoms with Gasteiger partial charge >= 0.3 is 0 Å². The van der Waals surface area contributed by atoms with E-state index in [-0.39, 0.29) is 5.57 Å². The van der Waals surface area contributed by atoms with Crippen LogP contribution in [0.1, 0.15) is 29.2 Å². The van der Waals surface area contributed by atoms with Gasteiger partial charge in [0, 0.05) is 0 Å². The second-order valence-electron chi connectivity index (χ2n) is 7.96. The molecule has 6 nitrogen and oxygen atoms in total. The lowest BCUT2D eigenvalue weighted by Crippen LogP contribution is -2.13. The molecule has 0 saturated heterocycles. The molecule has 0 unspecified atom stereocenters. The fraction of sp³-hybridized carbons (Fsp3) is 0.179. The number of fused-ring (bicyclic) bond motifs is 1. The molecule has 1 amide bonds. The van der Waals surface area contributed by atoms with Crippen LogP contribution in [0.5, 0.6) is 11.5 Å². The Labute approximate surface area is 208 Å². The Morgan fingerprint density at radius 2 is 1.83 bits per heavy atom. The van der Waals surface area contributed by atoms with Gasteiger partial charge in [-0.15, -0.1) is 0 Å². The molecular weight excluding hydrogens is 458 g/mol. The molecule has 0 aliphatic heterocycles. The Morgan fingerprint density at radius 3 is 2.57 bits per heavy atom. The average molecular weight is 484 g/mol. The van der Waals surface area contributed by atoms with Crippen LogP contribution in [0.4, 0.5) is 5.13 Å². The van der Waals surface area contributed by atoms with Crippen LogP contribution >= 0.6 is 11.3 Å². The third kappa shape index (κ3) is 5.86. The Bertz CT molecular complexity index is 1400. The third-order valence-electron chi connectivity index (χ3n) is 5.41. The second-order valence-corrected chi connectivity index (χ2v) is 8.99. The highest BCUT2D eigenvalue weighted by molar-refractivity contribution is 7.22. The Balaban J connectivity index is 1.52. The average Bonchev–Trinajstić information content (AvgIpc) is 3.23. The van der Waals surface area contributed by atoms with Crippen molar-refractivity contribution in [2.45, 2.75) is 27.4 Å². The van der Waals surface area contributed by atoms with E-state index < -0.39 is 5.91 Å². The van der Waals surface area contributed by atoms with Gasteiger partial charge in [0.05, 0.1) is 16.8 Å². The summed E-state index contributed by atoms with van der Waals surface area (Å²) in [5.74, 6) is 0.630. The first-order chi connectivity index (χ1) is 17.0. The molecule has 0 aliphatic carbocycles. The van der Waals surface area contributed by atoms with Crippen LogP contribution in [0.25, 0.3) is 16.3 Å². The van der Waals surface area contributed by atoms with Gasteiger partial charge in [-0.3, -0.25) is 10.1 Å². The molecule has 7 heteroatoms. The summed E-state index contributed by atoms with van der Waals surface area (Å²) in [6.45, 7) is 6.81. The predicted molar refractivity (Wildman–Crippen MR) is 140 cm³/mol. The molecule has 0 bridgehead atoms. The summed E-state index contributed by atoms with van der Waals surface area (Å²) < 4.78 is 12.7. The van der Waals surface area contributed by atoms with E-state index in [1.807, 2.05) is 63.2 Å². The van der Waals surface area contributed by atoms with Crippen molar-refractivity contribution in [2.75, 3.05) is 11.9 Å². The van der Waals surface area contributed by atoms with Gasteiger partial charge in [-0.05, 0) is 73.4 Å². The number of nitriles is 1. The topological polar surface area (TPSA) is 84.2 Å². The Hall–Kier alpha value is -4.15. The summed E-state index contributed by atoms with van der Waals surface area (Å²) in [7, 11) is 0. The van der Waals surface area contributed by atoms with Crippen LogP contribution < -0.4 is 14.8 Å². The third-order valence-corrected chi connectivity index (χ3v) is 6.34. The van der Waals surface area contributed by atoms with Crippen molar-refractivity contribution in [1.82, 2.24) is 4.98 Å². The van der Waals surface area contributed by atoms with Crippen LogP contribution in [0.2, 0.25) is 0 Å². The first-order valence-corrected chi connectivity index (χ1v) is 12.0. The zero-order valence-corrected chi connectivity index (χ0v) is 20.6. The van der Waals surface area contributed by atoms with Gasteiger partial charge in [-0.25, -0.2) is 4.98 Å². The number of amides is 1. The molecule has 1 N–H and O–H groups in total. The van der Waals surface area contributed by atoms with Crippen molar-refractivity contribution in [3.8, 4) is 17.6 Å². The molecular formula is C28H25N3O3S. The first-order valence-electron chi connectivity index (χ1n) is 11.2. The summed E-state index contributed by atoms with van der Waals surface area (Å²) in [5, 5.41) is 12.8. The van der Waals surface area contributed by atoms with E-state index in [9.17, 15) is 10.1 Å².